The number of rotatable bonds is 9. The molecule has 0 heterocycles. The number of para-hydroxylation sites is 1. The molecule has 110 valence electrons. The number of nitrogens with zero attached hydrogens (tertiary/aromatic N) is 1. The van der Waals surface area contributed by atoms with Crippen molar-refractivity contribution < 1.29 is 18.7 Å². The number of hydrogen-bond donors (Lipinski definition) is 0. The minimum atomic E-state index is -0.395. The van der Waals surface area contributed by atoms with Gasteiger partial charge in [-0.2, -0.15) is 0 Å². The minimum Gasteiger partial charge on any atom is -0.489 e. The molecular weight excluding hydrogens is 261 g/mol. The van der Waals surface area contributed by atoms with Gasteiger partial charge in [-0.3, -0.25) is 9.69 Å². The molecule has 1 rings (SSSR count). The van der Waals surface area contributed by atoms with E-state index in [2.05, 4.69) is 6.58 Å². The fourth-order valence-electron chi connectivity index (χ4n) is 1.65. The lowest BCUT2D eigenvalue weighted by Crippen LogP contribution is -2.34. The monoisotopic (exact) mass is 281 g/mol. The predicted octanol–water partition coefficient (Wildman–Crippen LogP) is 2.26. The highest BCUT2D eigenvalue weighted by Gasteiger charge is 2.10. The van der Waals surface area contributed by atoms with Crippen LogP contribution in [0, 0.1) is 5.82 Å². The fourth-order valence-corrected chi connectivity index (χ4v) is 1.65. The summed E-state index contributed by atoms with van der Waals surface area (Å²) in [6.07, 6.45) is 1.70. The second-order valence-electron chi connectivity index (χ2n) is 4.11. The third kappa shape index (κ3) is 5.84. The molecular formula is C15H20FNO3. The zero-order valence-corrected chi connectivity index (χ0v) is 11.7. The topological polar surface area (TPSA) is 38.8 Å². The molecule has 0 aliphatic carbocycles. The van der Waals surface area contributed by atoms with E-state index in [0.29, 0.717) is 19.7 Å². The van der Waals surface area contributed by atoms with Gasteiger partial charge in [-0.25, -0.2) is 4.39 Å². The van der Waals surface area contributed by atoms with Crippen LogP contribution in [-0.4, -0.2) is 43.7 Å². The van der Waals surface area contributed by atoms with Crippen LogP contribution < -0.4 is 4.74 Å². The van der Waals surface area contributed by atoms with Gasteiger partial charge in [0, 0.05) is 13.1 Å². The molecule has 0 fully saturated rings. The summed E-state index contributed by atoms with van der Waals surface area (Å²) >= 11 is 0. The summed E-state index contributed by atoms with van der Waals surface area (Å²) in [7, 11) is 0. The maximum Gasteiger partial charge on any atom is 0.320 e. The van der Waals surface area contributed by atoms with Gasteiger partial charge >= 0.3 is 5.97 Å². The van der Waals surface area contributed by atoms with Crippen LogP contribution in [-0.2, 0) is 9.53 Å². The predicted molar refractivity (Wildman–Crippen MR) is 75.2 cm³/mol. The number of esters is 1. The van der Waals surface area contributed by atoms with Gasteiger partial charge in [0.05, 0.1) is 13.2 Å². The number of ether oxygens (including phenoxy) is 2. The van der Waals surface area contributed by atoms with Crippen molar-refractivity contribution in [2.75, 3.05) is 32.8 Å². The first kappa shape index (κ1) is 16.2. The van der Waals surface area contributed by atoms with E-state index >= 15 is 0 Å². The molecule has 0 N–H and O–H groups in total. The Balaban J connectivity index is 2.40. The zero-order valence-electron chi connectivity index (χ0n) is 11.7. The highest BCUT2D eigenvalue weighted by molar-refractivity contribution is 5.71. The van der Waals surface area contributed by atoms with Crippen molar-refractivity contribution in [2.45, 2.75) is 6.92 Å². The van der Waals surface area contributed by atoms with E-state index in [4.69, 9.17) is 9.47 Å². The van der Waals surface area contributed by atoms with Crippen LogP contribution in [0.5, 0.6) is 5.75 Å². The number of halogens is 1. The highest BCUT2D eigenvalue weighted by atomic mass is 19.1. The van der Waals surface area contributed by atoms with Crippen molar-refractivity contribution >= 4 is 5.97 Å². The maximum atomic E-state index is 13.3. The average Bonchev–Trinajstić information content (AvgIpc) is 2.41. The molecule has 0 radical (unpaired) electrons. The first-order valence-corrected chi connectivity index (χ1v) is 6.53. The van der Waals surface area contributed by atoms with Crippen LogP contribution >= 0.6 is 0 Å². The molecule has 0 unspecified atom stereocenters. The molecule has 0 aliphatic rings. The summed E-state index contributed by atoms with van der Waals surface area (Å²) in [5, 5.41) is 0. The van der Waals surface area contributed by atoms with E-state index in [-0.39, 0.29) is 24.9 Å². The molecule has 0 amide bonds. The summed E-state index contributed by atoms with van der Waals surface area (Å²) in [5.74, 6) is -0.476. The molecule has 5 heteroatoms. The van der Waals surface area contributed by atoms with Gasteiger partial charge in [-0.15, -0.1) is 6.58 Å². The molecule has 0 bridgehead atoms. The Bertz CT molecular complexity index is 437. The zero-order chi connectivity index (χ0) is 14.8. The van der Waals surface area contributed by atoms with Crippen LogP contribution in [0.3, 0.4) is 0 Å². The van der Waals surface area contributed by atoms with Gasteiger partial charge in [0.15, 0.2) is 11.6 Å². The van der Waals surface area contributed by atoms with Gasteiger partial charge in [0.2, 0.25) is 0 Å². The largest absolute Gasteiger partial charge is 0.489 e. The molecule has 1 aromatic rings. The molecule has 0 aromatic heterocycles. The Labute approximate surface area is 118 Å². The molecule has 0 spiro atoms. The van der Waals surface area contributed by atoms with Crippen LogP contribution in [0.1, 0.15) is 6.92 Å². The Kier molecular flexibility index (Phi) is 7.35. The molecule has 1 aromatic carbocycles. The van der Waals surface area contributed by atoms with E-state index in [1.807, 2.05) is 4.90 Å². The highest BCUT2D eigenvalue weighted by Crippen LogP contribution is 2.15. The number of carbonyl (C=O) groups is 1. The van der Waals surface area contributed by atoms with Gasteiger partial charge < -0.3 is 9.47 Å². The van der Waals surface area contributed by atoms with E-state index in [1.165, 1.54) is 6.07 Å². The normalized spacial score (nSPS) is 10.3. The smallest absolute Gasteiger partial charge is 0.320 e. The summed E-state index contributed by atoms with van der Waals surface area (Å²) < 4.78 is 23.6. The van der Waals surface area contributed by atoms with Crippen molar-refractivity contribution in [1.82, 2.24) is 4.90 Å². The lowest BCUT2D eigenvalue weighted by molar-refractivity contribution is -0.144. The number of hydrogen-bond acceptors (Lipinski definition) is 4. The first-order valence-electron chi connectivity index (χ1n) is 6.53. The van der Waals surface area contributed by atoms with Crippen molar-refractivity contribution in [3.05, 3.63) is 42.7 Å². The van der Waals surface area contributed by atoms with Crippen LogP contribution in [0.25, 0.3) is 0 Å². The van der Waals surface area contributed by atoms with Crippen LogP contribution in [0.2, 0.25) is 0 Å². The Hall–Kier alpha value is -1.88. The summed E-state index contributed by atoms with van der Waals surface area (Å²) in [6.45, 7) is 7.23. The second kappa shape index (κ2) is 9.09. The molecule has 0 saturated heterocycles. The standard InChI is InChI=1S/C15H20FNO3/c1-3-9-17(12-15(18)19-4-2)10-11-20-14-8-6-5-7-13(14)16/h3,5-8H,1,4,9-12H2,2H3. The third-order valence-electron chi connectivity index (χ3n) is 2.55. The fraction of sp³-hybridized carbons (Fsp3) is 0.400. The lowest BCUT2D eigenvalue weighted by atomic mass is 10.3. The molecule has 20 heavy (non-hydrogen) atoms. The summed E-state index contributed by atoms with van der Waals surface area (Å²) in [5.41, 5.74) is 0. The molecule has 0 atom stereocenters. The number of benzene rings is 1. The van der Waals surface area contributed by atoms with Crippen molar-refractivity contribution in [1.29, 1.82) is 0 Å². The van der Waals surface area contributed by atoms with E-state index in [1.54, 1.807) is 31.2 Å². The summed E-state index contributed by atoms with van der Waals surface area (Å²) in [6, 6.07) is 6.22. The van der Waals surface area contributed by atoms with Gasteiger partial charge in [0.1, 0.15) is 6.61 Å². The molecule has 0 saturated carbocycles. The quantitative estimate of drug-likeness (QED) is 0.514. The van der Waals surface area contributed by atoms with Crippen molar-refractivity contribution in [3.8, 4) is 5.75 Å². The van der Waals surface area contributed by atoms with Crippen molar-refractivity contribution in [3.63, 3.8) is 0 Å². The molecule has 0 aliphatic heterocycles. The van der Waals surface area contributed by atoms with Crippen LogP contribution in [0.4, 0.5) is 4.39 Å². The SMILES string of the molecule is C=CCN(CCOc1ccccc1F)CC(=O)OCC. The Morgan fingerprint density at radius 2 is 2.20 bits per heavy atom. The second-order valence-corrected chi connectivity index (χ2v) is 4.11. The Morgan fingerprint density at radius 3 is 2.85 bits per heavy atom. The Morgan fingerprint density at radius 1 is 1.45 bits per heavy atom. The van der Waals surface area contributed by atoms with Gasteiger partial charge in [-0.05, 0) is 19.1 Å². The minimum absolute atomic E-state index is 0.167. The third-order valence-corrected chi connectivity index (χ3v) is 2.55. The van der Waals surface area contributed by atoms with E-state index in [0.717, 1.165) is 0 Å². The number of carbonyl (C=O) groups excluding carboxylic acids is 1. The average molecular weight is 281 g/mol. The van der Waals surface area contributed by atoms with E-state index in [9.17, 15) is 9.18 Å². The summed E-state index contributed by atoms with van der Waals surface area (Å²) in [4.78, 5) is 13.2. The maximum absolute atomic E-state index is 13.3. The van der Waals surface area contributed by atoms with Crippen LogP contribution in [0.15, 0.2) is 36.9 Å². The van der Waals surface area contributed by atoms with Crippen molar-refractivity contribution in [2.24, 2.45) is 0 Å². The van der Waals surface area contributed by atoms with Gasteiger partial charge in [0.25, 0.3) is 0 Å². The van der Waals surface area contributed by atoms with E-state index < -0.39 is 5.82 Å². The molecule has 4 nitrogen and oxygen atoms in total. The first-order chi connectivity index (χ1) is 9.67. The lowest BCUT2D eigenvalue weighted by Gasteiger charge is -2.19. The van der Waals surface area contributed by atoms with Gasteiger partial charge in [-0.1, -0.05) is 18.2 Å².